The summed E-state index contributed by atoms with van der Waals surface area (Å²) in [5, 5.41) is 11.1. The number of β-amino-alcohol motifs (C(OH)–C–C–N with tert-alkyl or cyclic N) is 1. The van der Waals surface area contributed by atoms with Gasteiger partial charge in [0.25, 0.3) is 5.91 Å². The van der Waals surface area contributed by atoms with Crippen LogP contribution in [-0.4, -0.2) is 70.3 Å². The van der Waals surface area contributed by atoms with Crippen molar-refractivity contribution in [1.82, 2.24) is 14.5 Å². The number of ether oxygens (including phenoxy) is 1. The summed E-state index contributed by atoms with van der Waals surface area (Å²) in [6.45, 7) is 11.0. The quantitative estimate of drug-likeness (QED) is 0.507. The first-order valence-electron chi connectivity index (χ1n) is 9.95. The van der Waals surface area contributed by atoms with E-state index in [-0.39, 0.29) is 5.91 Å². The van der Waals surface area contributed by atoms with Gasteiger partial charge in [-0.2, -0.15) is 4.99 Å². The van der Waals surface area contributed by atoms with Gasteiger partial charge >= 0.3 is 0 Å². The predicted octanol–water partition coefficient (Wildman–Crippen LogP) is 3.27. The van der Waals surface area contributed by atoms with Crippen molar-refractivity contribution < 1.29 is 14.6 Å². The number of thioether (sulfide) groups is 1. The number of aliphatic hydroxyl groups excluding tert-OH is 1. The molecule has 0 spiro atoms. The van der Waals surface area contributed by atoms with Crippen molar-refractivity contribution in [3.63, 3.8) is 0 Å². The molecule has 2 aromatic heterocycles. The van der Waals surface area contributed by atoms with E-state index in [1.165, 1.54) is 0 Å². The van der Waals surface area contributed by atoms with E-state index in [0.717, 1.165) is 29.4 Å². The van der Waals surface area contributed by atoms with Crippen molar-refractivity contribution in [3.8, 4) is 0 Å². The van der Waals surface area contributed by atoms with E-state index in [9.17, 15) is 9.90 Å². The second-order valence-electron chi connectivity index (χ2n) is 8.58. The standard InChI is InChI=1S/C20H30N4O3SSi/c1-15(25)12-23-8-10-28-20(23)22-19(26)17-13-24(14-27-9-11-29(2,3)4)18-16(17)6-5-7-21-18/h5-7,13,15,25H,8-12,14H2,1-4H3/b22-20-. The van der Waals surface area contributed by atoms with Crippen LogP contribution in [0.15, 0.2) is 29.5 Å². The molecule has 1 amide bonds. The van der Waals surface area contributed by atoms with Crippen LogP contribution in [0.5, 0.6) is 0 Å². The minimum Gasteiger partial charge on any atom is -0.392 e. The fraction of sp³-hybridized carbons (Fsp3) is 0.550. The zero-order valence-corrected chi connectivity index (χ0v) is 19.4. The molecule has 158 valence electrons. The maximum Gasteiger partial charge on any atom is 0.281 e. The molecular formula is C20H30N4O3SSi. The molecule has 1 aliphatic rings. The summed E-state index contributed by atoms with van der Waals surface area (Å²) in [5.74, 6) is 0.580. The van der Waals surface area contributed by atoms with Crippen LogP contribution in [0.2, 0.25) is 25.7 Å². The number of aliphatic imine (C=N–C) groups is 1. The minimum absolute atomic E-state index is 0.288. The van der Waals surface area contributed by atoms with Crippen LogP contribution in [0.4, 0.5) is 0 Å². The molecule has 1 atom stereocenters. The Morgan fingerprint density at radius 3 is 2.97 bits per heavy atom. The molecule has 1 saturated heterocycles. The highest BCUT2D eigenvalue weighted by atomic mass is 32.2. The molecule has 0 saturated carbocycles. The van der Waals surface area contributed by atoms with Crippen molar-refractivity contribution in [1.29, 1.82) is 0 Å². The Bertz CT molecular complexity index is 891. The molecule has 0 aromatic carbocycles. The van der Waals surface area contributed by atoms with E-state index in [1.807, 2.05) is 21.6 Å². The Morgan fingerprint density at radius 2 is 2.24 bits per heavy atom. The summed E-state index contributed by atoms with van der Waals surface area (Å²) in [6.07, 6.45) is 3.04. The van der Waals surface area contributed by atoms with E-state index >= 15 is 0 Å². The predicted molar refractivity (Wildman–Crippen MR) is 121 cm³/mol. The van der Waals surface area contributed by atoms with Crippen LogP contribution in [0.1, 0.15) is 17.3 Å². The third-order valence-electron chi connectivity index (χ3n) is 4.64. The fourth-order valence-electron chi connectivity index (χ4n) is 3.11. The van der Waals surface area contributed by atoms with E-state index in [4.69, 9.17) is 4.74 Å². The Balaban J connectivity index is 1.79. The Morgan fingerprint density at radius 1 is 1.45 bits per heavy atom. The first-order chi connectivity index (χ1) is 13.7. The van der Waals surface area contributed by atoms with Gasteiger partial charge < -0.3 is 19.3 Å². The van der Waals surface area contributed by atoms with Crippen molar-refractivity contribution in [2.24, 2.45) is 4.99 Å². The van der Waals surface area contributed by atoms with Gasteiger partial charge in [-0.15, -0.1) is 0 Å². The SMILES string of the molecule is CC(O)CN1CCS/C1=N\C(=O)c1cn(COCC[Si](C)(C)C)c2ncccc12. The van der Waals surface area contributed by atoms with E-state index in [1.54, 1.807) is 31.1 Å². The van der Waals surface area contributed by atoms with Gasteiger partial charge in [0.05, 0.1) is 11.7 Å². The fourth-order valence-corrected chi connectivity index (χ4v) is 4.85. The van der Waals surface area contributed by atoms with Crippen LogP contribution in [0, 0.1) is 0 Å². The lowest BCUT2D eigenvalue weighted by Gasteiger charge is -2.18. The number of aromatic nitrogens is 2. The number of carbonyl (C=O) groups excluding carboxylic acids is 1. The molecule has 0 aliphatic carbocycles. The molecule has 1 fully saturated rings. The lowest BCUT2D eigenvalue weighted by Crippen LogP contribution is -2.32. The van der Waals surface area contributed by atoms with E-state index < -0.39 is 14.2 Å². The van der Waals surface area contributed by atoms with Crippen LogP contribution >= 0.6 is 11.8 Å². The number of pyridine rings is 1. The van der Waals surface area contributed by atoms with Gasteiger partial charge in [0.15, 0.2) is 5.17 Å². The lowest BCUT2D eigenvalue weighted by molar-refractivity contribution is 0.0895. The molecule has 1 unspecified atom stereocenters. The van der Waals surface area contributed by atoms with Crippen LogP contribution in [0.25, 0.3) is 11.0 Å². The average Bonchev–Trinajstić information content (AvgIpc) is 3.22. The van der Waals surface area contributed by atoms with Gasteiger partial charge in [-0.25, -0.2) is 4.98 Å². The molecule has 7 nitrogen and oxygen atoms in total. The Kier molecular flexibility index (Phi) is 7.15. The Labute approximate surface area is 177 Å². The average molecular weight is 435 g/mol. The Hall–Kier alpha value is -1.68. The first-order valence-corrected chi connectivity index (χ1v) is 14.6. The normalized spacial score (nSPS) is 17.4. The lowest BCUT2D eigenvalue weighted by atomic mass is 10.2. The molecule has 0 bridgehead atoms. The van der Waals surface area contributed by atoms with Gasteiger partial charge in [-0.1, -0.05) is 31.4 Å². The number of aliphatic hydroxyl groups is 1. The molecule has 3 rings (SSSR count). The number of hydrogen-bond donors (Lipinski definition) is 1. The largest absolute Gasteiger partial charge is 0.392 e. The molecule has 9 heteroatoms. The highest BCUT2D eigenvalue weighted by Crippen LogP contribution is 2.23. The summed E-state index contributed by atoms with van der Waals surface area (Å²) in [6, 6.07) is 4.81. The highest BCUT2D eigenvalue weighted by Gasteiger charge is 2.23. The summed E-state index contributed by atoms with van der Waals surface area (Å²) < 4.78 is 7.74. The number of carbonyl (C=O) groups is 1. The maximum atomic E-state index is 13.0. The molecule has 0 radical (unpaired) electrons. The molecule has 1 N–H and O–H groups in total. The molecule has 29 heavy (non-hydrogen) atoms. The van der Waals surface area contributed by atoms with Gasteiger partial charge in [0.1, 0.15) is 12.4 Å². The first kappa shape index (κ1) is 22.0. The summed E-state index contributed by atoms with van der Waals surface area (Å²) in [7, 11) is -1.15. The summed E-state index contributed by atoms with van der Waals surface area (Å²) >= 11 is 1.55. The van der Waals surface area contributed by atoms with Crippen molar-refractivity contribution in [2.45, 2.75) is 45.4 Å². The number of nitrogens with zero attached hydrogens (tertiary/aromatic N) is 4. The smallest absolute Gasteiger partial charge is 0.281 e. The van der Waals surface area contributed by atoms with E-state index in [0.29, 0.717) is 30.6 Å². The zero-order valence-electron chi connectivity index (χ0n) is 17.6. The van der Waals surface area contributed by atoms with Crippen LogP contribution < -0.4 is 0 Å². The van der Waals surface area contributed by atoms with E-state index in [2.05, 4.69) is 29.6 Å². The third-order valence-corrected chi connectivity index (χ3v) is 7.33. The third kappa shape index (κ3) is 5.91. The topological polar surface area (TPSA) is 80.0 Å². The second kappa shape index (κ2) is 9.42. The molecular weight excluding hydrogens is 404 g/mol. The maximum absolute atomic E-state index is 13.0. The number of fused-ring (bicyclic) bond motifs is 1. The van der Waals surface area contributed by atoms with Gasteiger partial charge in [0, 0.05) is 51.3 Å². The molecule has 2 aromatic rings. The van der Waals surface area contributed by atoms with Crippen molar-refractivity contribution in [3.05, 3.63) is 30.1 Å². The number of amidine groups is 1. The van der Waals surface area contributed by atoms with Crippen LogP contribution in [-0.2, 0) is 11.5 Å². The molecule has 1 aliphatic heterocycles. The number of hydrogen-bond acceptors (Lipinski definition) is 5. The van der Waals surface area contributed by atoms with Gasteiger partial charge in [-0.3, -0.25) is 4.79 Å². The highest BCUT2D eigenvalue weighted by molar-refractivity contribution is 8.14. The van der Waals surface area contributed by atoms with Gasteiger partial charge in [0.2, 0.25) is 0 Å². The summed E-state index contributed by atoms with van der Waals surface area (Å²) in [5.41, 5.74) is 1.25. The monoisotopic (exact) mass is 434 g/mol. The molecule has 3 heterocycles. The number of rotatable bonds is 8. The summed E-state index contributed by atoms with van der Waals surface area (Å²) in [4.78, 5) is 23.7. The van der Waals surface area contributed by atoms with Gasteiger partial charge in [-0.05, 0) is 25.1 Å². The minimum atomic E-state index is -1.15. The zero-order chi connectivity index (χ0) is 21.0. The van der Waals surface area contributed by atoms with Crippen molar-refractivity contribution in [2.75, 3.05) is 25.4 Å². The second-order valence-corrected chi connectivity index (χ2v) is 15.3. The van der Waals surface area contributed by atoms with Crippen LogP contribution in [0.3, 0.4) is 0 Å². The van der Waals surface area contributed by atoms with Crippen molar-refractivity contribution >= 4 is 41.9 Å². The number of amides is 1.